The number of fused-ring (bicyclic) bond motifs is 1. The van der Waals surface area contributed by atoms with Gasteiger partial charge in [-0.15, -0.1) is 11.3 Å². The largest absolute Gasteiger partial charge is 0.468 e. The highest BCUT2D eigenvalue weighted by atomic mass is 35.5. The molecule has 0 aliphatic heterocycles. The first-order valence-electron chi connectivity index (χ1n) is 5.59. The molecule has 0 unspecified atom stereocenters. The Morgan fingerprint density at radius 3 is 2.90 bits per heavy atom. The van der Waals surface area contributed by atoms with Crippen molar-refractivity contribution >= 4 is 43.9 Å². The first-order valence-corrected chi connectivity index (χ1v) is 8.29. The van der Waals surface area contributed by atoms with Crippen LogP contribution >= 0.6 is 22.9 Å². The summed E-state index contributed by atoms with van der Waals surface area (Å²) >= 11 is 7.19. The molecule has 10 heteroatoms. The number of imidazole rings is 1. The lowest BCUT2D eigenvalue weighted by molar-refractivity contribution is -0.140. The van der Waals surface area contributed by atoms with Crippen LogP contribution in [-0.2, 0) is 19.6 Å². The molecule has 20 heavy (non-hydrogen) atoms. The second-order valence-electron chi connectivity index (χ2n) is 3.77. The number of esters is 1. The first kappa shape index (κ1) is 15.2. The van der Waals surface area contributed by atoms with Crippen molar-refractivity contribution in [3.05, 3.63) is 16.7 Å². The number of methoxy groups -OCH3 is 1. The van der Waals surface area contributed by atoms with Crippen molar-refractivity contribution in [3.63, 3.8) is 0 Å². The highest BCUT2D eigenvalue weighted by Crippen LogP contribution is 2.27. The van der Waals surface area contributed by atoms with Gasteiger partial charge in [-0.3, -0.25) is 9.20 Å². The van der Waals surface area contributed by atoms with E-state index in [9.17, 15) is 13.2 Å². The fourth-order valence-corrected chi connectivity index (χ4v) is 4.47. The zero-order valence-electron chi connectivity index (χ0n) is 10.7. The minimum atomic E-state index is -3.93. The second kappa shape index (κ2) is 5.68. The molecule has 0 aliphatic carbocycles. The van der Waals surface area contributed by atoms with Gasteiger partial charge in [0, 0.05) is 18.1 Å². The minimum absolute atomic E-state index is 0.111. The molecule has 0 fully saturated rings. The van der Waals surface area contributed by atoms with E-state index in [0.29, 0.717) is 4.96 Å². The van der Waals surface area contributed by atoms with Crippen LogP contribution in [0.15, 0.2) is 16.6 Å². The van der Waals surface area contributed by atoms with Crippen LogP contribution in [0.3, 0.4) is 0 Å². The summed E-state index contributed by atoms with van der Waals surface area (Å²) in [6.07, 6.45) is 1.57. The van der Waals surface area contributed by atoms with Crippen LogP contribution in [0.2, 0.25) is 5.15 Å². The smallest absolute Gasteiger partial charge is 0.321 e. The number of halogens is 1. The van der Waals surface area contributed by atoms with Gasteiger partial charge in [0.05, 0.1) is 7.11 Å². The monoisotopic (exact) mass is 337 g/mol. The molecular weight excluding hydrogens is 326 g/mol. The Morgan fingerprint density at radius 2 is 2.30 bits per heavy atom. The maximum Gasteiger partial charge on any atom is 0.321 e. The van der Waals surface area contributed by atoms with E-state index >= 15 is 0 Å². The summed E-state index contributed by atoms with van der Waals surface area (Å²) in [4.78, 5) is 15.8. The van der Waals surface area contributed by atoms with Crippen LogP contribution in [0.1, 0.15) is 6.92 Å². The van der Waals surface area contributed by atoms with Crippen LogP contribution in [0.5, 0.6) is 0 Å². The van der Waals surface area contributed by atoms with Gasteiger partial charge in [-0.1, -0.05) is 18.5 Å². The van der Waals surface area contributed by atoms with E-state index < -0.39 is 16.0 Å². The molecule has 2 aromatic rings. The summed E-state index contributed by atoms with van der Waals surface area (Å²) in [7, 11) is -2.73. The number of carbonyl (C=O) groups excluding carboxylic acids is 1. The lowest BCUT2D eigenvalue weighted by Crippen LogP contribution is -2.36. The molecule has 0 radical (unpaired) electrons. The highest BCUT2D eigenvalue weighted by molar-refractivity contribution is 7.89. The molecule has 2 heterocycles. The van der Waals surface area contributed by atoms with E-state index in [2.05, 4.69) is 9.72 Å². The van der Waals surface area contributed by atoms with Gasteiger partial charge in [-0.25, -0.2) is 13.4 Å². The molecule has 2 aromatic heterocycles. The molecule has 0 N–H and O–H groups in total. The zero-order chi connectivity index (χ0) is 14.9. The molecule has 2 rings (SSSR count). The Bertz CT molecular complexity index is 737. The molecular formula is C10H12ClN3O4S2. The Morgan fingerprint density at radius 1 is 1.60 bits per heavy atom. The van der Waals surface area contributed by atoms with Gasteiger partial charge < -0.3 is 4.74 Å². The molecule has 0 bridgehead atoms. The Labute approximate surface area is 124 Å². The SMILES string of the molecule is CCN(CC(=O)OC)S(=O)(=O)c1c(Cl)nc2sccn12. The number of aromatic nitrogens is 2. The van der Waals surface area contributed by atoms with Crippen molar-refractivity contribution in [2.75, 3.05) is 20.2 Å². The van der Waals surface area contributed by atoms with Gasteiger partial charge >= 0.3 is 5.97 Å². The number of carbonyl (C=O) groups is 1. The third-order valence-electron chi connectivity index (χ3n) is 2.65. The van der Waals surface area contributed by atoms with E-state index in [0.717, 1.165) is 4.31 Å². The highest BCUT2D eigenvalue weighted by Gasteiger charge is 2.32. The fraction of sp³-hybridized carbons (Fsp3) is 0.400. The van der Waals surface area contributed by atoms with E-state index in [1.165, 1.54) is 22.8 Å². The van der Waals surface area contributed by atoms with E-state index in [1.807, 2.05) is 0 Å². The normalized spacial score (nSPS) is 12.2. The van der Waals surface area contributed by atoms with Crippen LogP contribution in [0.25, 0.3) is 4.96 Å². The molecule has 0 amide bonds. The van der Waals surface area contributed by atoms with Crippen molar-refractivity contribution in [3.8, 4) is 0 Å². The molecule has 0 aliphatic rings. The van der Waals surface area contributed by atoms with Crippen molar-refractivity contribution in [2.24, 2.45) is 0 Å². The molecule has 0 saturated carbocycles. The van der Waals surface area contributed by atoms with Crippen molar-refractivity contribution < 1.29 is 17.9 Å². The third kappa shape index (κ3) is 2.53. The van der Waals surface area contributed by atoms with E-state index in [4.69, 9.17) is 11.6 Å². The Balaban J connectivity index is 2.50. The van der Waals surface area contributed by atoms with Crippen LogP contribution in [0.4, 0.5) is 0 Å². The number of sulfonamides is 1. The summed E-state index contributed by atoms with van der Waals surface area (Å²) < 4.78 is 32.1. The predicted octanol–water partition coefficient (Wildman–Crippen LogP) is 1.23. The number of ether oxygens (including phenoxy) is 1. The van der Waals surface area contributed by atoms with Crippen molar-refractivity contribution in [1.82, 2.24) is 13.7 Å². The molecule has 7 nitrogen and oxygen atoms in total. The maximum absolute atomic E-state index is 12.6. The number of rotatable bonds is 5. The number of hydrogen-bond donors (Lipinski definition) is 0. The van der Waals surface area contributed by atoms with Crippen LogP contribution in [0, 0.1) is 0 Å². The summed E-state index contributed by atoms with van der Waals surface area (Å²) in [5.41, 5.74) is 0. The van der Waals surface area contributed by atoms with Gasteiger partial charge in [-0.05, 0) is 0 Å². The molecule has 110 valence electrons. The third-order valence-corrected chi connectivity index (χ3v) is 5.73. The standard InChI is InChI=1S/C10H12ClN3O4S2/c1-3-13(6-7(15)18-2)20(16,17)9-8(11)12-10-14(9)4-5-19-10/h4-5H,3,6H2,1-2H3. The average molecular weight is 338 g/mol. The molecule has 0 aromatic carbocycles. The van der Waals surface area contributed by atoms with E-state index in [1.54, 1.807) is 18.5 Å². The maximum atomic E-state index is 12.6. The molecule has 0 saturated heterocycles. The number of thiazole rings is 1. The van der Waals surface area contributed by atoms with Gasteiger partial charge in [0.15, 0.2) is 15.1 Å². The Kier molecular flexibility index (Phi) is 4.33. The van der Waals surface area contributed by atoms with Crippen molar-refractivity contribution in [1.29, 1.82) is 0 Å². The Hall–Kier alpha value is -1.16. The molecule has 0 spiro atoms. The van der Waals surface area contributed by atoms with Crippen LogP contribution in [-0.4, -0.2) is 48.3 Å². The summed E-state index contributed by atoms with van der Waals surface area (Å²) in [6, 6.07) is 0. The van der Waals surface area contributed by atoms with Gasteiger partial charge in [0.2, 0.25) is 0 Å². The summed E-state index contributed by atoms with van der Waals surface area (Å²) in [5.74, 6) is -0.641. The fourth-order valence-electron chi connectivity index (χ4n) is 1.67. The molecule has 0 atom stereocenters. The van der Waals surface area contributed by atoms with Gasteiger partial charge in [-0.2, -0.15) is 4.31 Å². The summed E-state index contributed by atoms with van der Waals surface area (Å²) in [6.45, 7) is 1.37. The average Bonchev–Trinajstić information content (AvgIpc) is 2.94. The number of likely N-dealkylation sites (N-methyl/N-ethyl adjacent to an activating group) is 1. The quantitative estimate of drug-likeness (QED) is 0.767. The van der Waals surface area contributed by atoms with Gasteiger partial charge in [0.25, 0.3) is 10.0 Å². The van der Waals surface area contributed by atoms with Crippen LogP contribution < -0.4 is 0 Å². The lowest BCUT2D eigenvalue weighted by atomic mass is 10.6. The number of nitrogens with zero attached hydrogens (tertiary/aromatic N) is 3. The summed E-state index contributed by atoms with van der Waals surface area (Å²) in [5, 5.41) is 1.45. The first-order chi connectivity index (χ1) is 9.41. The minimum Gasteiger partial charge on any atom is -0.468 e. The number of hydrogen-bond acceptors (Lipinski definition) is 6. The van der Waals surface area contributed by atoms with Gasteiger partial charge in [0.1, 0.15) is 6.54 Å². The zero-order valence-corrected chi connectivity index (χ0v) is 13.1. The predicted molar refractivity (Wildman–Crippen MR) is 74.5 cm³/mol. The lowest BCUT2D eigenvalue weighted by Gasteiger charge is -2.18. The topological polar surface area (TPSA) is 81.0 Å². The second-order valence-corrected chi connectivity index (χ2v) is 6.85. The van der Waals surface area contributed by atoms with E-state index in [-0.39, 0.29) is 23.3 Å². The van der Waals surface area contributed by atoms with Crippen molar-refractivity contribution in [2.45, 2.75) is 11.9 Å².